The van der Waals surface area contributed by atoms with E-state index in [-0.39, 0.29) is 17.8 Å². The summed E-state index contributed by atoms with van der Waals surface area (Å²) in [6, 6.07) is 5.16. The Morgan fingerprint density at radius 2 is 2.37 bits per heavy atom. The maximum absolute atomic E-state index is 11.9. The van der Waals surface area contributed by atoms with Crippen LogP contribution in [0.1, 0.15) is 43.1 Å². The van der Waals surface area contributed by atoms with Gasteiger partial charge < -0.3 is 10.5 Å². The first kappa shape index (κ1) is 13.8. The minimum absolute atomic E-state index is 0.112. The van der Waals surface area contributed by atoms with E-state index in [9.17, 15) is 10.0 Å². The molecule has 1 aliphatic heterocycles. The third-order valence-electron chi connectivity index (χ3n) is 3.25. The number of pyridine rings is 1. The molecule has 104 valence electrons. The van der Waals surface area contributed by atoms with Crippen molar-refractivity contribution < 1.29 is 9.52 Å². The molecule has 2 rings (SSSR count). The van der Waals surface area contributed by atoms with Crippen LogP contribution in [-0.4, -0.2) is 18.1 Å². The zero-order valence-corrected chi connectivity index (χ0v) is 11.1. The maximum Gasteiger partial charge on any atom is 0.318 e. The maximum atomic E-state index is 11.9. The van der Waals surface area contributed by atoms with E-state index in [1.165, 1.54) is 18.7 Å². The van der Waals surface area contributed by atoms with Crippen molar-refractivity contribution in [3.8, 4) is 0 Å². The second-order valence-electron chi connectivity index (χ2n) is 4.80. The molecule has 0 radical (unpaired) electrons. The van der Waals surface area contributed by atoms with Gasteiger partial charge in [0, 0.05) is 18.2 Å². The van der Waals surface area contributed by atoms with Crippen molar-refractivity contribution in [3.63, 3.8) is 0 Å². The van der Waals surface area contributed by atoms with E-state index < -0.39 is 0 Å². The number of nitrogens with zero attached hydrogens (tertiary/aromatic N) is 1. The van der Waals surface area contributed by atoms with Crippen molar-refractivity contribution >= 4 is 5.91 Å². The number of amides is 1. The highest BCUT2D eigenvalue weighted by atomic mass is 16.5. The van der Waals surface area contributed by atoms with Gasteiger partial charge in [-0.2, -0.15) is 4.73 Å². The van der Waals surface area contributed by atoms with Crippen molar-refractivity contribution in [2.45, 2.75) is 44.8 Å². The van der Waals surface area contributed by atoms with Crippen LogP contribution >= 0.6 is 0 Å². The Hall–Kier alpha value is -1.66. The molecule has 2 atom stereocenters. The van der Waals surface area contributed by atoms with Crippen molar-refractivity contribution in [2.24, 2.45) is 0 Å². The Labute approximate surface area is 112 Å². The lowest BCUT2D eigenvalue weighted by Crippen LogP contribution is -2.47. The van der Waals surface area contributed by atoms with Crippen LogP contribution in [0.15, 0.2) is 24.4 Å². The summed E-state index contributed by atoms with van der Waals surface area (Å²) in [6.45, 7) is 2.16. The number of aromatic nitrogens is 1. The van der Waals surface area contributed by atoms with Crippen LogP contribution in [0.2, 0.25) is 0 Å². The molecule has 0 aromatic carbocycles. The fraction of sp³-hybridized carbons (Fsp3) is 0.538. The van der Waals surface area contributed by atoms with Gasteiger partial charge in [0.05, 0.1) is 6.17 Å². The summed E-state index contributed by atoms with van der Waals surface area (Å²) in [5, 5.41) is 14.3. The van der Waals surface area contributed by atoms with E-state index in [0.29, 0.717) is 10.8 Å². The summed E-state index contributed by atoms with van der Waals surface area (Å²) in [5.41, 5.74) is 6.32. The average Bonchev–Trinajstić information content (AvgIpc) is 2.84. The first-order chi connectivity index (χ1) is 9.20. The van der Waals surface area contributed by atoms with E-state index in [0.717, 1.165) is 19.3 Å². The number of hydrogen-bond acceptors (Lipinski definition) is 4. The minimum Gasteiger partial charge on any atom is -0.618 e. The summed E-state index contributed by atoms with van der Waals surface area (Å²) in [6.07, 6.45) is 5.43. The second kappa shape index (κ2) is 6.49. The Morgan fingerprint density at radius 1 is 1.53 bits per heavy atom. The molecule has 3 N–H and O–H groups in total. The number of hydrazine groups is 1. The van der Waals surface area contributed by atoms with Gasteiger partial charge in [0.15, 0.2) is 6.20 Å². The average molecular weight is 264 g/mol. The topological polar surface area (TPSA) is 80.1 Å². The van der Waals surface area contributed by atoms with E-state index in [1.807, 2.05) is 0 Å². The first-order valence-corrected chi connectivity index (χ1v) is 6.71. The van der Waals surface area contributed by atoms with E-state index in [1.54, 1.807) is 12.1 Å². The molecule has 2 unspecified atom stereocenters. The zero-order valence-electron chi connectivity index (χ0n) is 11.1. The van der Waals surface area contributed by atoms with Crippen LogP contribution in [0, 0.1) is 5.21 Å². The lowest BCUT2D eigenvalue weighted by atomic mass is 10.1. The van der Waals surface area contributed by atoms with Gasteiger partial charge >= 0.3 is 5.91 Å². The van der Waals surface area contributed by atoms with Crippen LogP contribution in [-0.2, 0) is 0 Å². The minimum atomic E-state index is -0.356. The van der Waals surface area contributed by atoms with Gasteiger partial charge in [-0.05, 0) is 18.9 Å². The monoisotopic (exact) mass is 264 g/mol. The van der Waals surface area contributed by atoms with Crippen LogP contribution in [0.5, 0.6) is 0 Å². The highest BCUT2D eigenvalue weighted by molar-refractivity contribution is 5.91. The summed E-state index contributed by atoms with van der Waals surface area (Å²) >= 11 is 0. The number of carbonyl (C=O) groups is 1. The van der Waals surface area contributed by atoms with Crippen molar-refractivity contribution in [1.82, 2.24) is 16.2 Å². The van der Waals surface area contributed by atoms with Gasteiger partial charge in [-0.25, -0.2) is 5.43 Å². The van der Waals surface area contributed by atoms with E-state index in [2.05, 4.69) is 23.1 Å². The van der Waals surface area contributed by atoms with Gasteiger partial charge in [0.25, 0.3) is 5.69 Å². The molecule has 1 fully saturated rings. The largest absolute Gasteiger partial charge is 0.618 e. The SMILES string of the molecule is CCCCC1CC(NC(=O)c2cccc[n+]2[O-])NN1. The number of nitrogens with one attached hydrogen (secondary N) is 3. The number of hydrogen-bond donors (Lipinski definition) is 3. The fourth-order valence-electron chi connectivity index (χ4n) is 2.19. The molecule has 2 heterocycles. The normalized spacial score (nSPS) is 22.4. The van der Waals surface area contributed by atoms with Gasteiger partial charge in [0.1, 0.15) is 0 Å². The van der Waals surface area contributed by atoms with Gasteiger partial charge in [-0.15, -0.1) is 0 Å². The summed E-state index contributed by atoms with van der Waals surface area (Å²) < 4.78 is 0.576. The quantitative estimate of drug-likeness (QED) is 0.532. The molecule has 1 aromatic rings. The zero-order chi connectivity index (χ0) is 13.7. The molecule has 1 saturated heterocycles. The molecule has 19 heavy (non-hydrogen) atoms. The predicted octanol–water partition coefficient (Wildman–Crippen LogP) is 0.433. The molecule has 0 saturated carbocycles. The van der Waals surface area contributed by atoms with E-state index in [4.69, 9.17) is 0 Å². The van der Waals surface area contributed by atoms with Crippen LogP contribution in [0.25, 0.3) is 0 Å². The standard InChI is InChI=1S/C13H20N4O2/c1-2-3-6-10-9-12(16-15-10)14-13(18)11-7-4-5-8-17(11)19/h4-5,7-8,10,12,15-16H,2-3,6,9H2,1H3,(H,14,18). The molecule has 1 aliphatic rings. The van der Waals surface area contributed by atoms with Crippen molar-refractivity contribution in [1.29, 1.82) is 0 Å². The molecule has 0 spiro atoms. The van der Waals surface area contributed by atoms with Crippen LogP contribution < -0.4 is 20.9 Å². The lowest BCUT2D eigenvalue weighted by molar-refractivity contribution is -0.607. The lowest BCUT2D eigenvalue weighted by Gasteiger charge is -2.11. The van der Waals surface area contributed by atoms with Crippen LogP contribution in [0.4, 0.5) is 0 Å². The highest BCUT2D eigenvalue weighted by Crippen LogP contribution is 2.10. The summed E-state index contributed by atoms with van der Waals surface area (Å²) in [5.74, 6) is -0.356. The van der Waals surface area contributed by atoms with Crippen LogP contribution in [0.3, 0.4) is 0 Å². The molecule has 1 amide bonds. The van der Waals surface area contributed by atoms with Gasteiger partial charge in [-0.3, -0.25) is 10.2 Å². The molecule has 6 heteroatoms. The molecule has 6 nitrogen and oxygen atoms in total. The van der Waals surface area contributed by atoms with Crippen molar-refractivity contribution in [3.05, 3.63) is 35.3 Å². The Morgan fingerprint density at radius 3 is 3.11 bits per heavy atom. The summed E-state index contributed by atoms with van der Waals surface area (Å²) in [4.78, 5) is 11.9. The molecular weight excluding hydrogens is 244 g/mol. The second-order valence-corrected chi connectivity index (χ2v) is 4.80. The molecule has 0 bridgehead atoms. The predicted molar refractivity (Wildman–Crippen MR) is 70.9 cm³/mol. The number of carbonyl (C=O) groups excluding carboxylic acids is 1. The van der Waals surface area contributed by atoms with E-state index >= 15 is 0 Å². The first-order valence-electron chi connectivity index (χ1n) is 6.71. The Balaban J connectivity index is 1.86. The Bertz CT molecular complexity index is 438. The third kappa shape index (κ3) is 3.65. The number of unbranched alkanes of at least 4 members (excludes halogenated alkanes) is 1. The summed E-state index contributed by atoms with van der Waals surface area (Å²) in [7, 11) is 0. The number of rotatable bonds is 5. The molecule has 0 aliphatic carbocycles. The smallest absolute Gasteiger partial charge is 0.318 e. The Kier molecular flexibility index (Phi) is 4.70. The fourth-order valence-corrected chi connectivity index (χ4v) is 2.19. The highest BCUT2D eigenvalue weighted by Gasteiger charge is 2.26. The third-order valence-corrected chi connectivity index (χ3v) is 3.25. The molecule has 1 aromatic heterocycles. The molecular formula is C13H20N4O2. The van der Waals surface area contributed by atoms with Crippen molar-refractivity contribution in [2.75, 3.05) is 0 Å². The van der Waals surface area contributed by atoms with Gasteiger partial charge in [0.2, 0.25) is 0 Å². The van der Waals surface area contributed by atoms with Gasteiger partial charge in [-0.1, -0.05) is 19.8 Å².